The summed E-state index contributed by atoms with van der Waals surface area (Å²) in [5.74, 6) is 0. The summed E-state index contributed by atoms with van der Waals surface area (Å²) < 4.78 is 0. The first-order valence-corrected chi connectivity index (χ1v) is 4.01. The fourth-order valence-electron chi connectivity index (χ4n) is 1.09. The minimum Gasteiger partial charge on any atom is -0.321 e. The van der Waals surface area contributed by atoms with E-state index in [0.717, 1.165) is 0 Å². The molecule has 0 aliphatic heterocycles. The number of hydrogen-bond acceptors (Lipinski definition) is 3. The Hall–Kier alpha value is -2.17. The highest BCUT2D eigenvalue weighted by molar-refractivity contribution is 5.51. The van der Waals surface area contributed by atoms with Gasteiger partial charge in [0.1, 0.15) is 5.69 Å². The molecule has 0 aromatic carbocycles. The van der Waals surface area contributed by atoms with Gasteiger partial charge in [0.15, 0.2) is 0 Å². The molecule has 2 N–H and O–H groups in total. The summed E-state index contributed by atoms with van der Waals surface area (Å²) in [7, 11) is 0. The van der Waals surface area contributed by atoms with Crippen LogP contribution in [-0.2, 0) is 0 Å². The number of aromatic nitrogens is 3. The van der Waals surface area contributed by atoms with Crippen molar-refractivity contribution in [3.05, 3.63) is 51.0 Å². The van der Waals surface area contributed by atoms with Crippen LogP contribution >= 0.6 is 0 Å². The lowest BCUT2D eigenvalue weighted by atomic mass is 10.2. The van der Waals surface area contributed by atoms with Crippen LogP contribution in [0.5, 0.6) is 0 Å². The van der Waals surface area contributed by atoms with Gasteiger partial charge >= 0.3 is 0 Å². The number of rotatable bonds is 1. The van der Waals surface area contributed by atoms with Crippen molar-refractivity contribution in [3.8, 4) is 11.4 Å². The molecule has 2 aromatic heterocycles. The summed E-state index contributed by atoms with van der Waals surface area (Å²) in [4.78, 5) is 24.3. The molecular weight excluding hydrogens is 182 g/mol. The maximum atomic E-state index is 11.0. The quantitative estimate of drug-likeness (QED) is 0.669. The van der Waals surface area contributed by atoms with E-state index in [-0.39, 0.29) is 11.1 Å². The van der Waals surface area contributed by atoms with Gasteiger partial charge in [0.05, 0.1) is 5.69 Å². The number of nitrogens with one attached hydrogen (secondary N) is 2. The smallest absolute Gasteiger partial charge is 0.264 e. The number of hydrogen-bond donors (Lipinski definition) is 2. The van der Waals surface area contributed by atoms with Gasteiger partial charge in [-0.15, -0.1) is 0 Å². The fourth-order valence-corrected chi connectivity index (χ4v) is 1.09. The molecule has 0 fully saturated rings. The van der Waals surface area contributed by atoms with E-state index in [1.165, 1.54) is 12.1 Å². The van der Waals surface area contributed by atoms with Gasteiger partial charge in [-0.05, 0) is 12.1 Å². The summed E-state index contributed by atoms with van der Waals surface area (Å²) in [6, 6.07) is 7.65. The number of nitrogens with zero attached hydrogens (tertiary/aromatic N) is 1. The third-order valence-electron chi connectivity index (χ3n) is 1.72. The zero-order valence-electron chi connectivity index (χ0n) is 7.15. The average molecular weight is 189 g/mol. The number of aromatic amines is 2. The lowest BCUT2D eigenvalue weighted by molar-refractivity contribution is 0.986. The van der Waals surface area contributed by atoms with Crippen molar-refractivity contribution in [1.82, 2.24) is 15.2 Å². The van der Waals surface area contributed by atoms with Crippen molar-refractivity contribution in [3.63, 3.8) is 0 Å². The van der Waals surface area contributed by atoms with Gasteiger partial charge in [0.25, 0.3) is 5.56 Å². The van der Waals surface area contributed by atoms with Crippen molar-refractivity contribution >= 4 is 0 Å². The average Bonchev–Trinajstić information content (AvgIpc) is 2.19. The summed E-state index contributed by atoms with van der Waals surface area (Å²) in [6.07, 6.45) is 0. The topological polar surface area (TPSA) is 78.6 Å². The van der Waals surface area contributed by atoms with E-state index in [9.17, 15) is 9.59 Å². The lowest BCUT2D eigenvalue weighted by Gasteiger charge is -1.97. The summed E-state index contributed by atoms with van der Waals surface area (Å²) in [6.45, 7) is 0. The van der Waals surface area contributed by atoms with Gasteiger partial charge < -0.3 is 4.98 Å². The van der Waals surface area contributed by atoms with Crippen LogP contribution in [0, 0.1) is 0 Å². The second-order valence-corrected chi connectivity index (χ2v) is 2.74. The van der Waals surface area contributed by atoms with Crippen LogP contribution in [0.15, 0.2) is 39.9 Å². The molecule has 0 bridgehead atoms. The molecule has 0 aliphatic carbocycles. The van der Waals surface area contributed by atoms with Crippen LogP contribution < -0.4 is 11.1 Å². The molecule has 0 aliphatic rings. The maximum absolute atomic E-state index is 11.0. The molecule has 5 heteroatoms. The molecule has 2 heterocycles. The Morgan fingerprint density at radius 3 is 2.50 bits per heavy atom. The molecule has 0 saturated carbocycles. The highest BCUT2D eigenvalue weighted by Crippen LogP contribution is 2.07. The first-order chi connectivity index (χ1) is 6.75. The van der Waals surface area contributed by atoms with Crippen LogP contribution in [0.3, 0.4) is 0 Å². The second kappa shape index (κ2) is 3.29. The van der Waals surface area contributed by atoms with Crippen molar-refractivity contribution in [2.45, 2.75) is 0 Å². The monoisotopic (exact) mass is 189 g/mol. The minimum atomic E-state index is -0.271. The molecule has 5 nitrogen and oxygen atoms in total. The van der Waals surface area contributed by atoms with E-state index in [1.54, 1.807) is 18.2 Å². The number of H-pyrrole nitrogens is 2. The SMILES string of the molecule is O=c1ccc(-c2cccc(=O)[nH]2)n[nH]1. The standard InChI is InChI=1S/C9H7N3O2/c13-8-3-1-2-6(10-8)7-4-5-9(14)12-11-7/h1-5H,(H,10,13)(H,12,14). The molecule has 0 saturated heterocycles. The third-order valence-corrected chi connectivity index (χ3v) is 1.72. The Labute approximate surface area is 78.4 Å². The van der Waals surface area contributed by atoms with Gasteiger partial charge in [0.2, 0.25) is 5.56 Å². The molecule has 2 aromatic rings. The zero-order valence-corrected chi connectivity index (χ0v) is 7.15. The molecule has 0 radical (unpaired) electrons. The molecule has 0 amide bonds. The second-order valence-electron chi connectivity index (χ2n) is 2.74. The Bertz CT molecular complexity index is 536. The Balaban J connectivity index is 2.55. The van der Waals surface area contributed by atoms with E-state index < -0.39 is 0 Å². The largest absolute Gasteiger partial charge is 0.321 e. The van der Waals surface area contributed by atoms with E-state index in [0.29, 0.717) is 11.4 Å². The highest BCUT2D eigenvalue weighted by Gasteiger charge is 1.98. The van der Waals surface area contributed by atoms with Gasteiger partial charge in [-0.1, -0.05) is 6.07 Å². The van der Waals surface area contributed by atoms with Crippen molar-refractivity contribution < 1.29 is 0 Å². The van der Waals surface area contributed by atoms with Crippen LogP contribution in [-0.4, -0.2) is 15.2 Å². The first-order valence-electron chi connectivity index (χ1n) is 4.01. The van der Waals surface area contributed by atoms with Crippen LogP contribution in [0.25, 0.3) is 11.4 Å². The first kappa shape index (κ1) is 8.43. The van der Waals surface area contributed by atoms with Crippen molar-refractivity contribution in [1.29, 1.82) is 0 Å². The number of pyridine rings is 1. The van der Waals surface area contributed by atoms with Gasteiger partial charge in [-0.2, -0.15) is 5.10 Å². The summed E-state index contributed by atoms with van der Waals surface area (Å²) in [5, 5.41) is 6.07. The predicted molar refractivity (Wildman–Crippen MR) is 50.9 cm³/mol. The van der Waals surface area contributed by atoms with E-state index >= 15 is 0 Å². The van der Waals surface area contributed by atoms with Gasteiger partial charge in [0, 0.05) is 12.1 Å². The van der Waals surface area contributed by atoms with Crippen molar-refractivity contribution in [2.75, 3.05) is 0 Å². The molecular formula is C9H7N3O2. The van der Waals surface area contributed by atoms with E-state index in [1.807, 2.05) is 0 Å². The van der Waals surface area contributed by atoms with Crippen molar-refractivity contribution in [2.24, 2.45) is 0 Å². The van der Waals surface area contributed by atoms with Crippen LogP contribution in [0.2, 0.25) is 0 Å². The molecule has 70 valence electrons. The van der Waals surface area contributed by atoms with Crippen LogP contribution in [0.4, 0.5) is 0 Å². The normalized spacial score (nSPS) is 10.0. The molecule has 0 unspecified atom stereocenters. The predicted octanol–water partition coefficient (Wildman–Crippen LogP) is 0.125. The molecule has 2 rings (SSSR count). The zero-order chi connectivity index (χ0) is 9.97. The van der Waals surface area contributed by atoms with Gasteiger partial charge in [-0.3, -0.25) is 9.59 Å². The summed E-state index contributed by atoms with van der Waals surface area (Å²) >= 11 is 0. The third kappa shape index (κ3) is 1.61. The Morgan fingerprint density at radius 2 is 1.86 bits per heavy atom. The molecule has 0 spiro atoms. The van der Waals surface area contributed by atoms with Crippen LogP contribution in [0.1, 0.15) is 0 Å². The van der Waals surface area contributed by atoms with E-state index in [4.69, 9.17) is 0 Å². The molecule has 14 heavy (non-hydrogen) atoms. The Kier molecular flexibility index (Phi) is 1.98. The molecule has 0 atom stereocenters. The highest BCUT2D eigenvalue weighted by atomic mass is 16.1. The minimum absolute atomic E-state index is 0.199. The lowest BCUT2D eigenvalue weighted by Crippen LogP contribution is -2.08. The fraction of sp³-hybridized carbons (Fsp3) is 0. The maximum Gasteiger partial charge on any atom is 0.264 e. The summed E-state index contributed by atoms with van der Waals surface area (Å²) in [5.41, 5.74) is 0.638. The van der Waals surface area contributed by atoms with Gasteiger partial charge in [-0.25, -0.2) is 5.10 Å². The van der Waals surface area contributed by atoms with E-state index in [2.05, 4.69) is 15.2 Å². The Morgan fingerprint density at radius 1 is 1.00 bits per heavy atom.